The van der Waals surface area contributed by atoms with E-state index < -0.39 is 10.0 Å². The number of hydrogen-bond acceptors (Lipinski definition) is 3. The fraction of sp³-hybridized carbons (Fsp3) is 0.200. The summed E-state index contributed by atoms with van der Waals surface area (Å²) in [4.78, 5) is 0.154. The maximum atomic E-state index is 12.5. The van der Waals surface area contributed by atoms with Crippen molar-refractivity contribution in [3.8, 4) is 5.75 Å². The number of ether oxygens (including phenoxy) is 1. The van der Waals surface area contributed by atoms with Gasteiger partial charge in [0.25, 0.3) is 10.0 Å². The van der Waals surface area contributed by atoms with E-state index >= 15 is 0 Å². The van der Waals surface area contributed by atoms with Crippen molar-refractivity contribution < 1.29 is 13.2 Å². The molecule has 0 atom stereocenters. The second kappa shape index (κ2) is 6.77. The molecule has 0 unspecified atom stereocenters. The number of rotatable bonds is 5. The molecule has 0 aliphatic rings. The summed E-state index contributed by atoms with van der Waals surface area (Å²) in [6.07, 6.45) is 0.662. The number of nitrogens with one attached hydrogen (secondary N) is 1. The fourth-order valence-corrected chi connectivity index (χ4v) is 3.64. The molecule has 0 amide bonds. The van der Waals surface area contributed by atoms with E-state index in [9.17, 15) is 8.42 Å². The largest absolute Gasteiger partial charge is 0.496 e. The van der Waals surface area contributed by atoms with Crippen LogP contribution < -0.4 is 9.46 Å². The number of methoxy groups -OCH3 is 1. The molecule has 0 saturated heterocycles. The second-order valence-corrected chi connectivity index (χ2v) is 7.15. The van der Waals surface area contributed by atoms with E-state index in [1.165, 1.54) is 24.3 Å². The Morgan fingerprint density at radius 1 is 1.09 bits per heavy atom. The highest BCUT2D eigenvalue weighted by Crippen LogP contribution is 2.27. The number of halogens is 2. The van der Waals surface area contributed by atoms with Gasteiger partial charge < -0.3 is 4.74 Å². The molecule has 22 heavy (non-hydrogen) atoms. The molecule has 0 spiro atoms. The van der Waals surface area contributed by atoms with Crippen molar-refractivity contribution in [1.29, 1.82) is 0 Å². The molecule has 7 heteroatoms. The molecular weight excluding hydrogens is 345 g/mol. The van der Waals surface area contributed by atoms with E-state index in [1.807, 2.05) is 6.92 Å². The van der Waals surface area contributed by atoms with Crippen LogP contribution in [0.15, 0.2) is 41.3 Å². The van der Waals surface area contributed by atoms with Crippen molar-refractivity contribution in [1.82, 2.24) is 0 Å². The van der Waals surface area contributed by atoms with Crippen molar-refractivity contribution in [2.75, 3.05) is 11.8 Å². The molecule has 0 bridgehead atoms. The third-order valence-corrected chi connectivity index (χ3v) is 4.87. The number of sulfonamides is 1. The lowest BCUT2D eigenvalue weighted by Crippen LogP contribution is -2.13. The lowest BCUT2D eigenvalue weighted by molar-refractivity contribution is 0.409. The van der Waals surface area contributed by atoms with Gasteiger partial charge in [-0.05, 0) is 48.4 Å². The zero-order chi connectivity index (χ0) is 16.3. The second-order valence-electron chi connectivity index (χ2n) is 4.59. The minimum Gasteiger partial charge on any atom is -0.496 e. The van der Waals surface area contributed by atoms with Gasteiger partial charge in [0.15, 0.2) is 0 Å². The summed E-state index contributed by atoms with van der Waals surface area (Å²) < 4.78 is 32.6. The highest BCUT2D eigenvalue weighted by molar-refractivity contribution is 7.92. The summed E-state index contributed by atoms with van der Waals surface area (Å²) in [6.45, 7) is 1.93. The molecular formula is C15H15Cl2NO3S. The lowest BCUT2D eigenvalue weighted by Gasteiger charge is -2.12. The summed E-state index contributed by atoms with van der Waals surface area (Å²) >= 11 is 11.8. The SMILES string of the molecule is CCc1cc(S(=O)(=O)Nc2cc(Cl)cc(Cl)c2)ccc1OC. The Kier molecular flexibility index (Phi) is 5.21. The quantitative estimate of drug-likeness (QED) is 0.862. The average Bonchev–Trinajstić information content (AvgIpc) is 2.44. The Balaban J connectivity index is 2.38. The molecule has 2 rings (SSSR count). The maximum Gasteiger partial charge on any atom is 0.261 e. The smallest absolute Gasteiger partial charge is 0.261 e. The van der Waals surface area contributed by atoms with Crippen LogP contribution in [0.5, 0.6) is 5.75 Å². The Morgan fingerprint density at radius 2 is 1.73 bits per heavy atom. The topological polar surface area (TPSA) is 55.4 Å². The predicted molar refractivity (Wildman–Crippen MR) is 89.6 cm³/mol. The first kappa shape index (κ1) is 16.9. The van der Waals surface area contributed by atoms with E-state index in [4.69, 9.17) is 27.9 Å². The minimum absolute atomic E-state index is 0.154. The summed E-state index contributed by atoms with van der Waals surface area (Å²) in [5.41, 5.74) is 1.13. The third kappa shape index (κ3) is 3.85. The Hall–Kier alpha value is -1.43. The average molecular weight is 360 g/mol. The Morgan fingerprint density at radius 3 is 2.27 bits per heavy atom. The van der Waals surface area contributed by atoms with E-state index in [0.29, 0.717) is 27.9 Å². The van der Waals surface area contributed by atoms with Gasteiger partial charge in [0.1, 0.15) is 5.75 Å². The molecule has 0 saturated carbocycles. The number of anilines is 1. The van der Waals surface area contributed by atoms with Gasteiger partial charge in [0.2, 0.25) is 0 Å². The van der Waals surface area contributed by atoms with Gasteiger partial charge in [-0.15, -0.1) is 0 Å². The summed E-state index contributed by atoms with van der Waals surface area (Å²) in [5, 5.41) is 0.711. The first-order valence-corrected chi connectivity index (χ1v) is 8.75. The van der Waals surface area contributed by atoms with Gasteiger partial charge in [-0.1, -0.05) is 30.1 Å². The molecule has 1 N–H and O–H groups in total. The lowest BCUT2D eigenvalue weighted by atomic mass is 10.1. The van der Waals surface area contributed by atoms with Gasteiger partial charge in [-0.2, -0.15) is 0 Å². The van der Waals surface area contributed by atoms with Crippen LogP contribution in [-0.4, -0.2) is 15.5 Å². The van der Waals surface area contributed by atoms with Gasteiger partial charge >= 0.3 is 0 Å². The van der Waals surface area contributed by atoms with Gasteiger partial charge in [0.05, 0.1) is 17.7 Å². The van der Waals surface area contributed by atoms with Crippen molar-refractivity contribution in [2.45, 2.75) is 18.2 Å². The molecule has 118 valence electrons. The van der Waals surface area contributed by atoms with Crippen molar-refractivity contribution >= 4 is 38.9 Å². The molecule has 2 aromatic carbocycles. The third-order valence-electron chi connectivity index (χ3n) is 3.06. The van der Waals surface area contributed by atoms with Gasteiger partial charge in [-0.25, -0.2) is 8.42 Å². The van der Waals surface area contributed by atoms with Gasteiger partial charge in [0, 0.05) is 10.0 Å². The zero-order valence-corrected chi connectivity index (χ0v) is 14.4. The van der Waals surface area contributed by atoms with E-state index in [-0.39, 0.29) is 4.90 Å². The highest BCUT2D eigenvalue weighted by Gasteiger charge is 2.16. The van der Waals surface area contributed by atoms with Crippen molar-refractivity contribution in [3.05, 3.63) is 52.0 Å². The van der Waals surface area contributed by atoms with Crippen LogP contribution in [0.2, 0.25) is 10.0 Å². The Labute approximate surface area is 140 Å². The molecule has 0 aromatic heterocycles. The normalized spacial score (nSPS) is 11.3. The molecule has 0 radical (unpaired) electrons. The van der Waals surface area contributed by atoms with Crippen LogP contribution in [0.25, 0.3) is 0 Å². The van der Waals surface area contributed by atoms with Crippen LogP contribution in [-0.2, 0) is 16.4 Å². The van der Waals surface area contributed by atoms with Crippen LogP contribution in [0.4, 0.5) is 5.69 Å². The van der Waals surface area contributed by atoms with Crippen molar-refractivity contribution in [3.63, 3.8) is 0 Å². The number of aryl methyl sites for hydroxylation is 1. The van der Waals surface area contributed by atoms with Crippen LogP contribution in [0, 0.1) is 0 Å². The van der Waals surface area contributed by atoms with Gasteiger partial charge in [-0.3, -0.25) is 4.72 Å². The summed E-state index contributed by atoms with van der Waals surface area (Å²) in [6, 6.07) is 9.24. The maximum absolute atomic E-state index is 12.5. The summed E-state index contributed by atoms with van der Waals surface area (Å²) in [5.74, 6) is 0.659. The Bertz CT molecular complexity index is 771. The molecule has 0 heterocycles. The molecule has 0 aliphatic heterocycles. The molecule has 2 aromatic rings. The monoisotopic (exact) mass is 359 g/mol. The van der Waals surface area contributed by atoms with E-state index in [2.05, 4.69) is 4.72 Å². The number of benzene rings is 2. The first-order valence-electron chi connectivity index (χ1n) is 6.51. The first-order chi connectivity index (χ1) is 10.4. The summed E-state index contributed by atoms with van der Waals surface area (Å²) in [7, 11) is -2.18. The minimum atomic E-state index is -3.73. The molecule has 4 nitrogen and oxygen atoms in total. The number of hydrogen-bond donors (Lipinski definition) is 1. The molecule has 0 fully saturated rings. The van der Waals surface area contributed by atoms with Crippen LogP contribution in [0.1, 0.15) is 12.5 Å². The fourth-order valence-electron chi connectivity index (χ4n) is 2.03. The highest BCUT2D eigenvalue weighted by atomic mass is 35.5. The predicted octanol–water partition coefficient (Wildman–Crippen LogP) is 4.37. The molecule has 0 aliphatic carbocycles. The standard InChI is InChI=1S/C15H15Cl2NO3S/c1-3-10-6-14(4-5-15(10)21-2)22(19,20)18-13-8-11(16)7-12(17)9-13/h4-9,18H,3H2,1-2H3. The zero-order valence-electron chi connectivity index (χ0n) is 12.1. The van der Waals surface area contributed by atoms with Crippen LogP contribution in [0.3, 0.4) is 0 Å². The van der Waals surface area contributed by atoms with Crippen molar-refractivity contribution in [2.24, 2.45) is 0 Å². The van der Waals surface area contributed by atoms with E-state index in [1.54, 1.807) is 19.2 Å². The van der Waals surface area contributed by atoms with E-state index in [0.717, 1.165) is 5.56 Å². The van der Waals surface area contributed by atoms with Crippen LogP contribution >= 0.6 is 23.2 Å².